The molecule has 0 atom stereocenters. The average molecular weight is 274 g/mol. The molecule has 0 heterocycles. The fourth-order valence-electron chi connectivity index (χ4n) is 1.21. The minimum atomic E-state index is -4.73. The number of rotatable bonds is 3. The molecule has 0 aliphatic rings. The molecule has 0 spiro atoms. The van der Waals surface area contributed by atoms with E-state index in [0.29, 0.717) is 6.07 Å². The molecule has 1 aromatic rings. The van der Waals surface area contributed by atoms with Crippen LogP contribution in [0.1, 0.15) is 20.8 Å². The van der Waals surface area contributed by atoms with Crippen molar-refractivity contribution in [3.05, 3.63) is 28.3 Å². The molecule has 0 aromatic heterocycles. The molecule has 0 bridgehead atoms. The third-order valence-electron chi connectivity index (χ3n) is 1.83. The summed E-state index contributed by atoms with van der Waals surface area (Å²) < 4.78 is 37.7. The molecule has 100 valence electrons. The van der Waals surface area contributed by atoms with Gasteiger partial charge in [-0.05, 0) is 32.9 Å². The second-order valence-corrected chi connectivity index (χ2v) is 5.93. The van der Waals surface area contributed by atoms with Gasteiger partial charge in [0.2, 0.25) is 0 Å². The molecule has 0 saturated heterocycles. The van der Waals surface area contributed by atoms with Gasteiger partial charge in [0.1, 0.15) is 15.7 Å². The third kappa shape index (κ3) is 3.67. The highest BCUT2D eigenvalue weighted by Gasteiger charge is 2.22. The largest absolute Gasteiger partial charge is 0.744 e. The van der Waals surface area contributed by atoms with E-state index in [0.717, 1.165) is 12.1 Å². The molecule has 0 N–H and O–H groups in total. The molecule has 8 heteroatoms. The first-order chi connectivity index (χ1) is 8.00. The minimum Gasteiger partial charge on any atom is -0.744 e. The molecular formula is C10H12NO6S-. The Hall–Kier alpha value is -1.67. The topological polar surface area (TPSA) is 110 Å². The first-order valence-corrected chi connectivity index (χ1v) is 6.35. The Morgan fingerprint density at radius 3 is 2.22 bits per heavy atom. The molecule has 18 heavy (non-hydrogen) atoms. The van der Waals surface area contributed by atoms with Crippen LogP contribution in [0, 0.1) is 10.1 Å². The molecule has 0 radical (unpaired) electrons. The van der Waals surface area contributed by atoms with Gasteiger partial charge in [-0.3, -0.25) is 10.1 Å². The van der Waals surface area contributed by atoms with Gasteiger partial charge in [-0.15, -0.1) is 0 Å². The van der Waals surface area contributed by atoms with Crippen LogP contribution in [0.4, 0.5) is 5.69 Å². The zero-order valence-electron chi connectivity index (χ0n) is 10.0. The molecule has 0 aliphatic heterocycles. The molecule has 0 saturated carbocycles. The molecule has 0 fully saturated rings. The second-order valence-electron chi connectivity index (χ2n) is 4.56. The number of nitro groups is 1. The summed E-state index contributed by atoms with van der Waals surface area (Å²) in [4.78, 5) is 9.36. The van der Waals surface area contributed by atoms with Crippen LogP contribution in [0.5, 0.6) is 5.75 Å². The van der Waals surface area contributed by atoms with Gasteiger partial charge in [-0.2, -0.15) is 0 Å². The summed E-state index contributed by atoms with van der Waals surface area (Å²) in [7, 11) is -4.73. The zero-order valence-corrected chi connectivity index (χ0v) is 10.9. The van der Waals surface area contributed by atoms with Crippen molar-refractivity contribution in [1.82, 2.24) is 0 Å². The number of benzene rings is 1. The van der Waals surface area contributed by atoms with Gasteiger partial charge in [-0.1, -0.05) is 0 Å². The van der Waals surface area contributed by atoms with E-state index in [2.05, 4.69) is 0 Å². The van der Waals surface area contributed by atoms with Crippen LogP contribution in [-0.2, 0) is 10.1 Å². The van der Waals surface area contributed by atoms with Crippen LogP contribution >= 0.6 is 0 Å². The summed E-state index contributed by atoms with van der Waals surface area (Å²) in [6.45, 7) is 5.07. The monoisotopic (exact) mass is 274 g/mol. The van der Waals surface area contributed by atoms with Crippen LogP contribution in [0.25, 0.3) is 0 Å². The molecule has 0 unspecified atom stereocenters. The van der Waals surface area contributed by atoms with Crippen LogP contribution in [-0.4, -0.2) is 23.5 Å². The van der Waals surface area contributed by atoms with Crippen LogP contribution in [0.15, 0.2) is 23.1 Å². The molecular weight excluding hydrogens is 262 g/mol. The standard InChI is InChI=1S/C10H13NO6S/c1-10(2,3)17-9-5-4-7(18(14,15)16)6-8(9)11(12)13/h4-6H,1-3H3,(H,14,15,16)/p-1. The Bertz CT molecular complexity index is 573. The van der Waals surface area contributed by atoms with Crippen molar-refractivity contribution in [1.29, 1.82) is 0 Å². The van der Waals surface area contributed by atoms with Crippen molar-refractivity contribution >= 4 is 15.8 Å². The quantitative estimate of drug-likeness (QED) is 0.471. The van der Waals surface area contributed by atoms with Gasteiger partial charge in [0, 0.05) is 6.07 Å². The van der Waals surface area contributed by atoms with Gasteiger partial charge >= 0.3 is 5.69 Å². The van der Waals surface area contributed by atoms with E-state index in [9.17, 15) is 23.1 Å². The highest BCUT2D eigenvalue weighted by atomic mass is 32.2. The van der Waals surface area contributed by atoms with Gasteiger partial charge in [0.15, 0.2) is 5.75 Å². The van der Waals surface area contributed by atoms with Crippen LogP contribution in [0.2, 0.25) is 0 Å². The maximum atomic E-state index is 10.8. The molecule has 1 aromatic carbocycles. The molecule has 7 nitrogen and oxygen atoms in total. The van der Waals surface area contributed by atoms with Crippen molar-refractivity contribution < 1.29 is 22.6 Å². The summed E-state index contributed by atoms with van der Waals surface area (Å²) in [6.07, 6.45) is 0. The Kier molecular flexibility index (Phi) is 3.63. The summed E-state index contributed by atoms with van der Waals surface area (Å²) in [6, 6.07) is 2.79. The first kappa shape index (κ1) is 14.4. The van der Waals surface area contributed by atoms with Crippen molar-refractivity contribution in [3.8, 4) is 5.75 Å². The zero-order chi connectivity index (χ0) is 14.1. The Morgan fingerprint density at radius 2 is 1.83 bits per heavy atom. The van der Waals surface area contributed by atoms with Gasteiger partial charge in [0.25, 0.3) is 0 Å². The summed E-state index contributed by atoms with van der Waals surface area (Å²) in [5.74, 6) is -0.0834. The molecule has 0 amide bonds. The maximum absolute atomic E-state index is 10.8. The van der Waals surface area contributed by atoms with Crippen molar-refractivity contribution in [2.45, 2.75) is 31.3 Å². The van der Waals surface area contributed by atoms with Crippen LogP contribution < -0.4 is 4.74 Å². The lowest BCUT2D eigenvalue weighted by Gasteiger charge is -2.21. The lowest BCUT2D eigenvalue weighted by atomic mass is 10.2. The lowest BCUT2D eigenvalue weighted by Crippen LogP contribution is -2.23. The average Bonchev–Trinajstić information content (AvgIpc) is 2.13. The van der Waals surface area contributed by atoms with Crippen molar-refractivity contribution in [2.24, 2.45) is 0 Å². The third-order valence-corrected chi connectivity index (χ3v) is 2.66. The Morgan fingerprint density at radius 1 is 1.28 bits per heavy atom. The fourth-order valence-corrected chi connectivity index (χ4v) is 1.70. The Labute approximate surface area is 104 Å². The van der Waals surface area contributed by atoms with E-state index in [1.54, 1.807) is 20.8 Å². The summed E-state index contributed by atoms with van der Waals surface area (Å²) >= 11 is 0. The van der Waals surface area contributed by atoms with E-state index < -0.39 is 31.2 Å². The van der Waals surface area contributed by atoms with E-state index in [1.807, 2.05) is 0 Å². The van der Waals surface area contributed by atoms with E-state index in [-0.39, 0.29) is 5.75 Å². The fraction of sp³-hybridized carbons (Fsp3) is 0.400. The predicted molar refractivity (Wildman–Crippen MR) is 61.4 cm³/mol. The second kappa shape index (κ2) is 4.54. The molecule has 1 rings (SSSR count). The minimum absolute atomic E-state index is 0.0834. The smallest absolute Gasteiger partial charge is 0.312 e. The van der Waals surface area contributed by atoms with Crippen molar-refractivity contribution in [3.63, 3.8) is 0 Å². The van der Waals surface area contributed by atoms with Crippen molar-refractivity contribution in [2.75, 3.05) is 0 Å². The number of hydrogen-bond acceptors (Lipinski definition) is 6. The Balaban J connectivity index is 3.35. The first-order valence-electron chi connectivity index (χ1n) is 4.94. The number of hydrogen-bond donors (Lipinski definition) is 0. The molecule has 0 aliphatic carbocycles. The highest BCUT2D eigenvalue weighted by molar-refractivity contribution is 7.85. The number of ether oxygens (including phenoxy) is 1. The van der Waals surface area contributed by atoms with Gasteiger partial charge in [0.05, 0.1) is 9.82 Å². The van der Waals surface area contributed by atoms with Gasteiger partial charge in [-0.25, -0.2) is 8.42 Å². The highest BCUT2D eigenvalue weighted by Crippen LogP contribution is 2.32. The number of nitro benzene ring substituents is 1. The van der Waals surface area contributed by atoms with E-state index in [1.165, 1.54) is 0 Å². The summed E-state index contributed by atoms with van der Waals surface area (Å²) in [5, 5.41) is 10.8. The van der Waals surface area contributed by atoms with Crippen LogP contribution in [0.3, 0.4) is 0 Å². The predicted octanol–water partition coefficient (Wildman–Crippen LogP) is 1.68. The summed E-state index contributed by atoms with van der Waals surface area (Å²) in [5.41, 5.74) is -1.23. The van der Waals surface area contributed by atoms with Gasteiger partial charge < -0.3 is 9.29 Å². The SMILES string of the molecule is CC(C)(C)Oc1ccc(S(=O)(=O)[O-])cc1[N+](=O)[O-]. The lowest BCUT2D eigenvalue weighted by molar-refractivity contribution is -0.386. The normalized spacial score (nSPS) is 12.2. The number of nitrogens with zero attached hydrogens (tertiary/aromatic N) is 1. The van der Waals surface area contributed by atoms with E-state index >= 15 is 0 Å². The van der Waals surface area contributed by atoms with E-state index in [4.69, 9.17) is 4.74 Å². The maximum Gasteiger partial charge on any atom is 0.312 e.